The van der Waals surface area contributed by atoms with Gasteiger partial charge in [0.05, 0.1) is 0 Å². The Kier molecular flexibility index (Phi) is 5.97. The van der Waals surface area contributed by atoms with Crippen molar-refractivity contribution >= 4 is 21.9 Å². The molecule has 3 nitrogen and oxygen atoms in total. The lowest BCUT2D eigenvalue weighted by Gasteiger charge is -2.12. The third-order valence-electron chi connectivity index (χ3n) is 2.22. The fourth-order valence-electron chi connectivity index (χ4n) is 1.32. The monoisotopic (exact) mass is 301 g/mol. The largest absolute Gasteiger partial charge is 0.356 e. The highest BCUT2D eigenvalue weighted by Gasteiger charge is 2.03. The van der Waals surface area contributed by atoms with Crippen LogP contribution in [0.4, 0.5) is 4.39 Å². The fourth-order valence-corrected chi connectivity index (χ4v) is 1.71. The molecule has 0 atom stereocenters. The van der Waals surface area contributed by atoms with Crippen LogP contribution >= 0.6 is 15.9 Å². The first-order chi connectivity index (χ1) is 8.17. The third kappa shape index (κ3) is 4.73. The van der Waals surface area contributed by atoms with E-state index in [9.17, 15) is 4.39 Å². The highest BCUT2D eigenvalue weighted by molar-refractivity contribution is 9.10. The van der Waals surface area contributed by atoms with Crippen LogP contribution in [0.15, 0.2) is 27.7 Å². The molecule has 0 radical (unpaired) electrons. The number of aliphatic imine (C=N–C) groups is 1. The Hall–Kier alpha value is -1.10. The molecule has 0 heterocycles. The number of benzene rings is 1. The fraction of sp³-hybridized carbons (Fsp3) is 0.417. The first kappa shape index (κ1) is 14.0. The second-order valence-corrected chi connectivity index (χ2v) is 4.44. The van der Waals surface area contributed by atoms with Gasteiger partial charge in [0.2, 0.25) is 0 Å². The standard InChI is InChI=1S/C12H17BrFN3/c1-3-6-16-12(15-2)17-8-9-7-10(14)4-5-11(9)13/h4-5,7H,3,6,8H2,1-2H3,(H2,15,16,17). The summed E-state index contributed by atoms with van der Waals surface area (Å²) in [7, 11) is 1.71. The van der Waals surface area contributed by atoms with E-state index in [0.29, 0.717) is 6.54 Å². The molecule has 17 heavy (non-hydrogen) atoms. The lowest BCUT2D eigenvalue weighted by atomic mass is 10.2. The summed E-state index contributed by atoms with van der Waals surface area (Å²) in [4.78, 5) is 4.08. The smallest absolute Gasteiger partial charge is 0.191 e. The first-order valence-electron chi connectivity index (χ1n) is 5.55. The number of nitrogens with zero attached hydrogens (tertiary/aromatic N) is 1. The van der Waals surface area contributed by atoms with Crippen molar-refractivity contribution < 1.29 is 4.39 Å². The van der Waals surface area contributed by atoms with Gasteiger partial charge in [0.25, 0.3) is 0 Å². The zero-order chi connectivity index (χ0) is 12.7. The van der Waals surface area contributed by atoms with E-state index in [0.717, 1.165) is 29.0 Å². The molecule has 0 aliphatic heterocycles. The van der Waals surface area contributed by atoms with Gasteiger partial charge in [0.15, 0.2) is 5.96 Å². The maximum Gasteiger partial charge on any atom is 0.191 e. The zero-order valence-electron chi connectivity index (χ0n) is 10.1. The topological polar surface area (TPSA) is 36.4 Å². The van der Waals surface area contributed by atoms with Gasteiger partial charge in [0, 0.05) is 24.6 Å². The van der Waals surface area contributed by atoms with Gasteiger partial charge < -0.3 is 10.6 Å². The summed E-state index contributed by atoms with van der Waals surface area (Å²) in [6.07, 6.45) is 1.03. The summed E-state index contributed by atoms with van der Waals surface area (Å²) < 4.78 is 13.9. The van der Waals surface area contributed by atoms with Crippen LogP contribution in [0.3, 0.4) is 0 Å². The van der Waals surface area contributed by atoms with Gasteiger partial charge in [-0.1, -0.05) is 22.9 Å². The molecule has 0 aliphatic carbocycles. The highest BCUT2D eigenvalue weighted by Crippen LogP contribution is 2.17. The van der Waals surface area contributed by atoms with Crippen LogP contribution in [-0.2, 0) is 6.54 Å². The molecule has 1 aromatic rings. The van der Waals surface area contributed by atoms with Gasteiger partial charge in [-0.25, -0.2) is 4.39 Å². The van der Waals surface area contributed by atoms with Crippen LogP contribution in [0, 0.1) is 5.82 Å². The van der Waals surface area contributed by atoms with E-state index in [1.807, 2.05) is 0 Å². The molecule has 0 unspecified atom stereocenters. The quantitative estimate of drug-likeness (QED) is 0.663. The summed E-state index contributed by atoms with van der Waals surface area (Å²) in [5.74, 6) is 0.490. The summed E-state index contributed by atoms with van der Waals surface area (Å²) in [6.45, 7) is 3.48. The minimum Gasteiger partial charge on any atom is -0.356 e. The van der Waals surface area contributed by atoms with Crippen LogP contribution in [0.1, 0.15) is 18.9 Å². The highest BCUT2D eigenvalue weighted by atomic mass is 79.9. The van der Waals surface area contributed by atoms with Crippen molar-refractivity contribution in [2.75, 3.05) is 13.6 Å². The normalized spacial score (nSPS) is 11.4. The molecular weight excluding hydrogens is 285 g/mol. The number of rotatable bonds is 4. The van der Waals surface area contributed by atoms with Crippen molar-refractivity contribution in [2.45, 2.75) is 19.9 Å². The Balaban J connectivity index is 2.56. The minimum atomic E-state index is -0.235. The summed E-state index contributed by atoms with van der Waals surface area (Å²) in [5.41, 5.74) is 0.865. The van der Waals surface area contributed by atoms with E-state index < -0.39 is 0 Å². The Bertz CT molecular complexity index is 393. The van der Waals surface area contributed by atoms with Crippen molar-refractivity contribution in [1.82, 2.24) is 10.6 Å². The maximum atomic E-state index is 13.1. The van der Waals surface area contributed by atoms with Crippen LogP contribution in [0.5, 0.6) is 0 Å². The SMILES string of the molecule is CCCNC(=NC)NCc1cc(F)ccc1Br. The maximum absolute atomic E-state index is 13.1. The van der Waals surface area contributed by atoms with E-state index in [2.05, 4.69) is 38.5 Å². The van der Waals surface area contributed by atoms with Crippen molar-refractivity contribution in [1.29, 1.82) is 0 Å². The first-order valence-corrected chi connectivity index (χ1v) is 6.35. The number of guanidine groups is 1. The van der Waals surface area contributed by atoms with E-state index in [1.54, 1.807) is 13.1 Å². The molecule has 1 rings (SSSR count). The lowest BCUT2D eigenvalue weighted by molar-refractivity contribution is 0.624. The Morgan fingerprint density at radius 3 is 2.82 bits per heavy atom. The summed E-state index contributed by atoms with van der Waals surface area (Å²) in [5, 5.41) is 6.28. The predicted octanol–water partition coefficient (Wildman–Crippen LogP) is 2.66. The molecule has 2 N–H and O–H groups in total. The molecule has 0 aromatic heterocycles. The van der Waals surface area contributed by atoms with Crippen molar-refractivity contribution in [2.24, 2.45) is 4.99 Å². The van der Waals surface area contributed by atoms with Crippen LogP contribution in [0.25, 0.3) is 0 Å². The van der Waals surface area contributed by atoms with E-state index in [-0.39, 0.29) is 5.82 Å². The van der Waals surface area contributed by atoms with Gasteiger partial charge in [-0.3, -0.25) is 4.99 Å². The van der Waals surface area contributed by atoms with Gasteiger partial charge in [-0.05, 0) is 30.2 Å². The predicted molar refractivity (Wildman–Crippen MR) is 72.6 cm³/mol. The van der Waals surface area contributed by atoms with Crippen molar-refractivity contribution in [3.8, 4) is 0 Å². The molecule has 0 bridgehead atoms. The van der Waals surface area contributed by atoms with Crippen molar-refractivity contribution in [3.05, 3.63) is 34.1 Å². The Morgan fingerprint density at radius 1 is 1.41 bits per heavy atom. The summed E-state index contributed by atoms with van der Waals surface area (Å²) >= 11 is 3.39. The zero-order valence-corrected chi connectivity index (χ0v) is 11.6. The molecular formula is C12H17BrFN3. The van der Waals surface area contributed by atoms with E-state index in [4.69, 9.17) is 0 Å². The van der Waals surface area contributed by atoms with Gasteiger partial charge in [-0.15, -0.1) is 0 Å². The molecule has 0 spiro atoms. The molecule has 0 aliphatic rings. The molecule has 0 fully saturated rings. The average Bonchev–Trinajstić information content (AvgIpc) is 2.33. The van der Waals surface area contributed by atoms with Crippen LogP contribution in [-0.4, -0.2) is 19.6 Å². The Morgan fingerprint density at radius 2 is 2.18 bits per heavy atom. The lowest BCUT2D eigenvalue weighted by Crippen LogP contribution is -2.37. The van der Waals surface area contributed by atoms with Gasteiger partial charge in [-0.2, -0.15) is 0 Å². The van der Waals surface area contributed by atoms with Gasteiger partial charge in [0.1, 0.15) is 5.82 Å². The number of hydrogen-bond acceptors (Lipinski definition) is 1. The van der Waals surface area contributed by atoms with Crippen molar-refractivity contribution in [3.63, 3.8) is 0 Å². The molecule has 0 amide bonds. The second-order valence-electron chi connectivity index (χ2n) is 3.59. The third-order valence-corrected chi connectivity index (χ3v) is 2.99. The van der Waals surface area contributed by atoms with Crippen LogP contribution < -0.4 is 10.6 Å². The van der Waals surface area contributed by atoms with Gasteiger partial charge >= 0.3 is 0 Å². The summed E-state index contributed by atoms with van der Waals surface area (Å²) in [6, 6.07) is 4.64. The molecule has 5 heteroatoms. The molecule has 94 valence electrons. The Labute approximate surface area is 110 Å². The van der Waals surface area contributed by atoms with Crippen LogP contribution in [0.2, 0.25) is 0 Å². The number of nitrogens with one attached hydrogen (secondary N) is 2. The van der Waals surface area contributed by atoms with E-state index >= 15 is 0 Å². The van der Waals surface area contributed by atoms with E-state index in [1.165, 1.54) is 12.1 Å². The molecule has 0 saturated carbocycles. The number of hydrogen-bond donors (Lipinski definition) is 2. The molecule has 0 saturated heterocycles. The molecule has 1 aromatic carbocycles. The average molecular weight is 302 g/mol. The second kappa shape index (κ2) is 7.27. The minimum absolute atomic E-state index is 0.235. The number of halogens is 2.